The van der Waals surface area contributed by atoms with Crippen molar-refractivity contribution in [2.45, 2.75) is 18.9 Å². The molecule has 1 heterocycles. The number of aliphatic hydroxyl groups excluding tert-OH is 1. The van der Waals surface area contributed by atoms with Gasteiger partial charge in [-0.15, -0.1) is 0 Å². The number of aryl methyl sites for hydroxylation is 1. The molecule has 1 aliphatic heterocycles. The number of carboxylic acids is 1. The SMILES string of the molecule is O=C(O)C1=C(O)C(CCc2ccccc2)NC1=O. The van der Waals surface area contributed by atoms with E-state index in [-0.39, 0.29) is 5.76 Å². The minimum absolute atomic E-state index is 0.372. The minimum atomic E-state index is -1.40. The maximum absolute atomic E-state index is 11.3. The first-order valence-electron chi connectivity index (χ1n) is 5.61. The number of benzene rings is 1. The highest BCUT2D eigenvalue weighted by Crippen LogP contribution is 2.19. The van der Waals surface area contributed by atoms with Crippen molar-refractivity contribution >= 4 is 11.9 Å². The molecule has 3 N–H and O–H groups in total. The van der Waals surface area contributed by atoms with Gasteiger partial charge in [-0.3, -0.25) is 4.79 Å². The molecule has 2 rings (SSSR count). The monoisotopic (exact) mass is 247 g/mol. The van der Waals surface area contributed by atoms with Crippen LogP contribution in [0.2, 0.25) is 0 Å². The Bertz CT molecular complexity index is 507. The summed E-state index contributed by atoms with van der Waals surface area (Å²) in [7, 11) is 0. The van der Waals surface area contributed by atoms with Crippen molar-refractivity contribution in [3.63, 3.8) is 0 Å². The van der Waals surface area contributed by atoms with E-state index in [1.54, 1.807) is 0 Å². The average Bonchev–Trinajstić information content (AvgIpc) is 2.63. The lowest BCUT2D eigenvalue weighted by Crippen LogP contribution is -2.29. The van der Waals surface area contributed by atoms with E-state index in [2.05, 4.69) is 5.32 Å². The second-order valence-corrected chi connectivity index (χ2v) is 4.12. The maximum atomic E-state index is 11.3. The van der Waals surface area contributed by atoms with Crippen molar-refractivity contribution in [3.05, 3.63) is 47.2 Å². The van der Waals surface area contributed by atoms with Crippen LogP contribution in [0.25, 0.3) is 0 Å². The molecule has 1 aromatic rings. The Morgan fingerprint density at radius 1 is 1.28 bits per heavy atom. The van der Waals surface area contributed by atoms with E-state index in [0.717, 1.165) is 5.56 Å². The largest absolute Gasteiger partial charge is 0.509 e. The maximum Gasteiger partial charge on any atom is 0.344 e. The van der Waals surface area contributed by atoms with E-state index in [0.29, 0.717) is 12.8 Å². The zero-order valence-corrected chi connectivity index (χ0v) is 9.59. The van der Waals surface area contributed by atoms with Gasteiger partial charge in [0.2, 0.25) is 0 Å². The van der Waals surface area contributed by atoms with E-state index in [9.17, 15) is 14.7 Å². The molecule has 94 valence electrons. The molecule has 0 aromatic heterocycles. The molecule has 1 atom stereocenters. The highest BCUT2D eigenvalue weighted by Gasteiger charge is 2.35. The molecule has 0 aliphatic carbocycles. The van der Waals surface area contributed by atoms with Gasteiger partial charge in [-0.2, -0.15) is 0 Å². The van der Waals surface area contributed by atoms with Crippen molar-refractivity contribution in [1.82, 2.24) is 5.32 Å². The highest BCUT2D eigenvalue weighted by atomic mass is 16.4. The van der Waals surface area contributed by atoms with Gasteiger partial charge in [0.05, 0.1) is 6.04 Å². The van der Waals surface area contributed by atoms with Gasteiger partial charge in [0, 0.05) is 0 Å². The summed E-state index contributed by atoms with van der Waals surface area (Å²) in [6.07, 6.45) is 1.13. The lowest BCUT2D eigenvalue weighted by molar-refractivity contribution is -0.134. The number of nitrogens with one attached hydrogen (secondary N) is 1. The highest BCUT2D eigenvalue weighted by molar-refractivity contribution is 6.17. The van der Waals surface area contributed by atoms with Gasteiger partial charge >= 0.3 is 5.97 Å². The molecule has 0 saturated heterocycles. The summed E-state index contributed by atoms with van der Waals surface area (Å²) in [4.78, 5) is 22.1. The molecule has 0 bridgehead atoms. The lowest BCUT2D eigenvalue weighted by Gasteiger charge is -2.10. The molecule has 5 heteroatoms. The molecule has 0 saturated carbocycles. The first-order chi connectivity index (χ1) is 8.59. The quantitative estimate of drug-likeness (QED) is 0.693. The average molecular weight is 247 g/mol. The van der Waals surface area contributed by atoms with Crippen LogP contribution in [0.3, 0.4) is 0 Å². The molecule has 1 aromatic carbocycles. The molecule has 0 radical (unpaired) electrons. The summed E-state index contributed by atoms with van der Waals surface area (Å²) in [6.45, 7) is 0. The van der Waals surface area contributed by atoms with Crippen molar-refractivity contribution < 1.29 is 19.8 Å². The first-order valence-corrected chi connectivity index (χ1v) is 5.61. The number of rotatable bonds is 4. The van der Waals surface area contributed by atoms with Crippen molar-refractivity contribution in [1.29, 1.82) is 0 Å². The second kappa shape index (κ2) is 4.91. The molecule has 1 amide bonds. The number of hydrogen-bond acceptors (Lipinski definition) is 3. The lowest BCUT2D eigenvalue weighted by atomic mass is 10.0. The van der Waals surface area contributed by atoms with E-state index in [4.69, 9.17) is 5.11 Å². The molecule has 1 aliphatic rings. The minimum Gasteiger partial charge on any atom is -0.509 e. The number of aliphatic hydroxyl groups is 1. The number of carboxylic acid groups (broad SMARTS) is 1. The molecule has 0 fully saturated rings. The Hall–Kier alpha value is -2.30. The normalized spacial score (nSPS) is 18.9. The van der Waals surface area contributed by atoms with Gasteiger partial charge in [0.15, 0.2) is 5.57 Å². The van der Waals surface area contributed by atoms with Crippen LogP contribution < -0.4 is 5.32 Å². The summed E-state index contributed by atoms with van der Waals surface area (Å²) in [5.74, 6) is -2.49. The van der Waals surface area contributed by atoms with Gasteiger partial charge in [0.1, 0.15) is 5.76 Å². The van der Waals surface area contributed by atoms with Crippen LogP contribution in [0.15, 0.2) is 41.7 Å². The number of carbonyl (C=O) groups is 2. The summed E-state index contributed by atoms with van der Waals surface area (Å²) in [6, 6.07) is 8.98. The summed E-state index contributed by atoms with van der Waals surface area (Å²) < 4.78 is 0. The van der Waals surface area contributed by atoms with Gasteiger partial charge < -0.3 is 15.5 Å². The predicted molar refractivity (Wildman–Crippen MR) is 64.0 cm³/mol. The fraction of sp³-hybridized carbons (Fsp3) is 0.231. The van der Waals surface area contributed by atoms with E-state index in [1.165, 1.54) is 0 Å². The van der Waals surface area contributed by atoms with Crippen molar-refractivity contribution in [3.8, 4) is 0 Å². The Labute approximate surface area is 104 Å². The van der Waals surface area contributed by atoms with Crippen molar-refractivity contribution in [2.24, 2.45) is 0 Å². The van der Waals surface area contributed by atoms with Crippen LogP contribution in [-0.2, 0) is 16.0 Å². The molecule has 0 spiro atoms. The number of aliphatic carboxylic acids is 1. The molecule has 5 nitrogen and oxygen atoms in total. The van der Waals surface area contributed by atoms with E-state index >= 15 is 0 Å². The molecular formula is C13H13NO4. The number of hydrogen-bond donors (Lipinski definition) is 3. The Kier molecular flexibility index (Phi) is 3.32. The molecule has 1 unspecified atom stereocenters. The van der Waals surface area contributed by atoms with Crippen LogP contribution >= 0.6 is 0 Å². The third kappa shape index (κ3) is 2.34. The molecular weight excluding hydrogens is 234 g/mol. The van der Waals surface area contributed by atoms with Gasteiger partial charge in [-0.25, -0.2) is 4.79 Å². The zero-order chi connectivity index (χ0) is 13.1. The number of carbonyl (C=O) groups excluding carboxylic acids is 1. The smallest absolute Gasteiger partial charge is 0.344 e. The standard InChI is InChI=1S/C13H13NO4/c15-11-9(14-12(16)10(11)13(17)18)7-6-8-4-2-1-3-5-8/h1-5,9,15H,6-7H2,(H,14,16)(H,17,18). The zero-order valence-electron chi connectivity index (χ0n) is 9.59. The summed E-state index contributed by atoms with van der Waals surface area (Å²) >= 11 is 0. The van der Waals surface area contributed by atoms with Crippen LogP contribution in [0.1, 0.15) is 12.0 Å². The predicted octanol–water partition coefficient (Wildman–Crippen LogP) is 1.01. The fourth-order valence-electron chi connectivity index (χ4n) is 1.96. The van der Waals surface area contributed by atoms with Gasteiger partial charge in [-0.1, -0.05) is 30.3 Å². The summed E-state index contributed by atoms with van der Waals surface area (Å²) in [5, 5.41) is 20.9. The van der Waals surface area contributed by atoms with Crippen LogP contribution in [0.5, 0.6) is 0 Å². The van der Waals surface area contributed by atoms with Crippen LogP contribution in [0.4, 0.5) is 0 Å². The Morgan fingerprint density at radius 3 is 2.50 bits per heavy atom. The molecule has 18 heavy (non-hydrogen) atoms. The topological polar surface area (TPSA) is 86.6 Å². The summed E-state index contributed by atoms with van der Waals surface area (Å²) in [5.41, 5.74) is 0.524. The van der Waals surface area contributed by atoms with Crippen LogP contribution in [0, 0.1) is 0 Å². The number of amides is 1. The van der Waals surface area contributed by atoms with E-state index in [1.807, 2.05) is 30.3 Å². The van der Waals surface area contributed by atoms with Gasteiger partial charge in [0.25, 0.3) is 5.91 Å². The third-order valence-corrected chi connectivity index (χ3v) is 2.90. The van der Waals surface area contributed by atoms with E-state index < -0.39 is 23.5 Å². The Balaban J connectivity index is 2.04. The fourth-order valence-corrected chi connectivity index (χ4v) is 1.96. The Morgan fingerprint density at radius 2 is 1.94 bits per heavy atom. The first kappa shape index (κ1) is 12.2. The van der Waals surface area contributed by atoms with Crippen LogP contribution in [-0.4, -0.2) is 28.1 Å². The van der Waals surface area contributed by atoms with Gasteiger partial charge in [-0.05, 0) is 18.4 Å². The second-order valence-electron chi connectivity index (χ2n) is 4.12. The van der Waals surface area contributed by atoms with Crippen molar-refractivity contribution in [2.75, 3.05) is 0 Å². The third-order valence-electron chi connectivity index (χ3n) is 2.90.